The number of hydrogen-bond acceptors (Lipinski definition) is 2. The third kappa shape index (κ3) is 4.48. The van der Waals surface area contributed by atoms with Gasteiger partial charge in [0.1, 0.15) is 5.75 Å². The molecule has 2 aromatic carbocycles. The summed E-state index contributed by atoms with van der Waals surface area (Å²) in [5, 5.41) is 13.1. The fourth-order valence-corrected chi connectivity index (χ4v) is 2.52. The second kappa shape index (κ2) is 7.84. The zero-order valence-corrected chi connectivity index (χ0v) is 12.5. The van der Waals surface area contributed by atoms with Crippen molar-refractivity contribution in [2.45, 2.75) is 19.8 Å². The smallest absolute Gasteiger partial charge is 0.119 e. The van der Waals surface area contributed by atoms with Crippen LogP contribution in [0.5, 0.6) is 5.75 Å². The first-order valence-corrected chi connectivity index (χ1v) is 7.73. The van der Waals surface area contributed by atoms with Gasteiger partial charge in [0.25, 0.3) is 0 Å². The molecule has 20 heavy (non-hydrogen) atoms. The Morgan fingerprint density at radius 3 is 2.40 bits per heavy atom. The summed E-state index contributed by atoms with van der Waals surface area (Å²) in [6.45, 7) is 2.89. The Labute approximate surface area is 121 Å². The van der Waals surface area contributed by atoms with Crippen LogP contribution in [0.1, 0.15) is 25.3 Å². The van der Waals surface area contributed by atoms with Crippen LogP contribution in [0.2, 0.25) is 0 Å². The molecule has 0 fully saturated rings. The highest BCUT2D eigenvalue weighted by Crippen LogP contribution is 2.12. The first-order valence-electron chi connectivity index (χ1n) is 6.83. The summed E-state index contributed by atoms with van der Waals surface area (Å²) in [7, 11) is 0.700. The normalized spacial score (nSPS) is 11.4. The summed E-state index contributed by atoms with van der Waals surface area (Å²) in [5.41, 5.74) is 0.864. The van der Waals surface area contributed by atoms with Gasteiger partial charge in [-0.05, 0) is 36.2 Å². The van der Waals surface area contributed by atoms with Gasteiger partial charge in [0.15, 0.2) is 0 Å². The van der Waals surface area contributed by atoms with Gasteiger partial charge in [-0.3, -0.25) is 0 Å². The second-order valence-corrected chi connectivity index (χ2v) is 5.63. The molecular weight excluding hydrogens is 267 g/mol. The van der Waals surface area contributed by atoms with Crippen molar-refractivity contribution in [1.82, 2.24) is 0 Å². The molecule has 2 rings (SSSR count). The minimum atomic E-state index is 0.116. The number of ether oxygens (including phenoxy) is 1. The number of hydrogen-bond donors (Lipinski definition) is 0. The first kappa shape index (κ1) is 14.8. The maximum Gasteiger partial charge on any atom is 0.119 e. The second-order valence-electron chi connectivity index (χ2n) is 4.48. The topological polar surface area (TPSA) is 32.3 Å². The van der Waals surface area contributed by atoms with Gasteiger partial charge in [-0.25, -0.2) is 0 Å². The Hall–Kier alpha value is -1.63. The average Bonchev–Trinajstić information content (AvgIpc) is 2.50. The summed E-state index contributed by atoms with van der Waals surface area (Å²) in [6.07, 6.45) is 2.19. The van der Waals surface area contributed by atoms with E-state index < -0.39 is 0 Å². The highest BCUT2D eigenvalue weighted by molar-refractivity contribution is 7.48. The SMILES string of the molecule is CCCCOc1ccc(P=C([O-])c2ccccc2)cc1. The van der Waals surface area contributed by atoms with Crippen molar-refractivity contribution in [3.8, 4) is 5.75 Å². The lowest BCUT2D eigenvalue weighted by atomic mass is 10.2. The maximum absolute atomic E-state index is 12.1. The monoisotopic (exact) mass is 285 g/mol. The molecule has 3 heteroatoms. The summed E-state index contributed by atoms with van der Waals surface area (Å²) < 4.78 is 5.60. The predicted molar refractivity (Wildman–Crippen MR) is 84.0 cm³/mol. The van der Waals surface area contributed by atoms with E-state index >= 15 is 0 Å². The summed E-state index contributed by atoms with van der Waals surface area (Å²) in [4.78, 5) is 0. The molecule has 2 nitrogen and oxygen atoms in total. The third-order valence-electron chi connectivity index (χ3n) is 2.85. The predicted octanol–water partition coefficient (Wildman–Crippen LogP) is 2.98. The van der Waals surface area contributed by atoms with Gasteiger partial charge >= 0.3 is 0 Å². The van der Waals surface area contributed by atoms with Gasteiger partial charge in [0.05, 0.1) is 6.61 Å². The molecular formula is C17H18O2P-. The lowest BCUT2D eigenvalue weighted by Gasteiger charge is -2.11. The largest absolute Gasteiger partial charge is 0.823 e. The van der Waals surface area contributed by atoms with Crippen LogP contribution in [0.25, 0.3) is 0 Å². The summed E-state index contributed by atoms with van der Waals surface area (Å²) in [6, 6.07) is 17.1. The van der Waals surface area contributed by atoms with E-state index in [4.69, 9.17) is 4.74 Å². The Morgan fingerprint density at radius 2 is 1.75 bits per heavy atom. The van der Waals surface area contributed by atoms with E-state index in [1.54, 1.807) is 0 Å². The Bertz CT molecular complexity index is 547. The minimum absolute atomic E-state index is 0.116. The maximum atomic E-state index is 12.1. The van der Waals surface area contributed by atoms with E-state index in [0.717, 1.165) is 36.1 Å². The fourth-order valence-electron chi connectivity index (χ4n) is 1.71. The molecule has 0 unspecified atom stereocenters. The van der Waals surface area contributed by atoms with Crippen LogP contribution >= 0.6 is 8.20 Å². The summed E-state index contributed by atoms with van der Waals surface area (Å²) in [5.74, 6) is 0.865. The third-order valence-corrected chi connectivity index (χ3v) is 3.87. The molecule has 0 amide bonds. The molecule has 0 aliphatic heterocycles. The molecule has 0 N–H and O–H groups in total. The molecule has 0 aliphatic carbocycles. The van der Waals surface area contributed by atoms with Crippen LogP contribution in [0.4, 0.5) is 0 Å². The number of benzene rings is 2. The molecule has 0 atom stereocenters. The van der Waals surface area contributed by atoms with E-state index in [1.807, 2.05) is 54.6 Å². The average molecular weight is 285 g/mol. The van der Waals surface area contributed by atoms with Gasteiger partial charge in [0.2, 0.25) is 0 Å². The molecule has 0 spiro atoms. The van der Waals surface area contributed by atoms with Crippen LogP contribution in [-0.2, 0) is 0 Å². The van der Waals surface area contributed by atoms with Gasteiger partial charge in [-0.2, -0.15) is 0 Å². The standard InChI is InChI=1S/C17H19O2P/c1-2-3-13-19-15-9-11-16(12-10-15)20-17(18)14-7-5-4-6-8-14/h4-12,18H,2-3,13H2,1H3/p-1. The molecule has 0 aliphatic rings. The molecule has 0 saturated carbocycles. The lowest BCUT2D eigenvalue weighted by Crippen LogP contribution is -2.17. The van der Waals surface area contributed by atoms with Crippen LogP contribution in [-0.4, -0.2) is 12.1 Å². The van der Waals surface area contributed by atoms with Crippen molar-refractivity contribution < 1.29 is 9.84 Å². The van der Waals surface area contributed by atoms with Crippen molar-refractivity contribution in [3.05, 3.63) is 60.2 Å². The highest BCUT2D eigenvalue weighted by atomic mass is 31.1. The van der Waals surface area contributed by atoms with Crippen molar-refractivity contribution in [2.24, 2.45) is 0 Å². The first-order chi connectivity index (χ1) is 9.79. The quantitative estimate of drug-likeness (QED) is 0.603. The zero-order valence-electron chi connectivity index (χ0n) is 11.6. The van der Waals surface area contributed by atoms with Gasteiger partial charge in [-0.15, -0.1) is 5.48 Å². The Balaban J connectivity index is 2.03. The van der Waals surface area contributed by atoms with Gasteiger partial charge < -0.3 is 9.84 Å². The lowest BCUT2D eigenvalue weighted by molar-refractivity contribution is -0.207. The van der Waals surface area contributed by atoms with Crippen molar-refractivity contribution >= 4 is 19.0 Å². The Kier molecular flexibility index (Phi) is 5.79. The molecule has 0 saturated heterocycles. The van der Waals surface area contributed by atoms with Crippen molar-refractivity contribution in [3.63, 3.8) is 0 Å². The van der Waals surface area contributed by atoms with Crippen molar-refractivity contribution in [1.29, 1.82) is 0 Å². The van der Waals surface area contributed by atoms with Gasteiger partial charge in [-0.1, -0.05) is 51.9 Å². The molecule has 0 bridgehead atoms. The molecule has 2 aromatic rings. The van der Waals surface area contributed by atoms with Crippen molar-refractivity contribution in [2.75, 3.05) is 6.61 Å². The van der Waals surface area contributed by atoms with Crippen LogP contribution in [0.3, 0.4) is 0 Å². The van der Waals surface area contributed by atoms with Gasteiger partial charge in [0, 0.05) is 5.30 Å². The van der Waals surface area contributed by atoms with Crippen LogP contribution in [0.15, 0.2) is 54.6 Å². The Morgan fingerprint density at radius 1 is 1.05 bits per heavy atom. The van der Waals surface area contributed by atoms with E-state index in [2.05, 4.69) is 6.92 Å². The van der Waals surface area contributed by atoms with E-state index in [9.17, 15) is 5.11 Å². The van der Waals surface area contributed by atoms with E-state index in [-0.39, 0.29) is 5.48 Å². The molecule has 0 heterocycles. The van der Waals surface area contributed by atoms with Crippen LogP contribution < -0.4 is 15.1 Å². The zero-order chi connectivity index (χ0) is 14.2. The molecule has 0 aromatic heterocycles. The fraction of sp³-hybridized carbons (Fsp3) is 0.235. The van der Waals surface area contributed by atoms with E-state index in [0.29, 0.717) is 8.20 Å². The number of rotatable bonds is 6. The summed E-state index contributed by atoms with van der Waals surface area (Å²) >= 11 is 0. The number of unbranched alkanes of at least 4 members (excludes halogenated alkanes) is 1. The molecule has 104 valence electrons. The van der Waals surface area contributed by atoms with E-state index in [1.165, 1.54) is 0 Å². The molecule has 0 radical (unpaired) electrons. The van der Waals surface area contributed by atoms with Crippen LogP contribution in [0, 0.1) is 0 Å². The minimum Gasteiger partial charge on any atom is -0.823 e. The highest BCUT2D eigenvalue weighted by Gasteiger charge is 1.95.